The minimum Gasteiger partial charge on any atom is -0.378 e. The summed E-state index contributed by atoms with van der Waals surface area (Å²) in [5.74, 6) is 0.0262. The van der Waals surface area contributed by atoms with Crippen LogP contribution in [0.2, 0.25) is 0 Å². The number of carbonyl (C=O) groups excluding carboxylic acids is 1. The van der Waals surface area contributed by atoms with E-state index >= 15 is 0 Å². The number of nitrogens with zero attached hydrogens (tertiary/aromatic N) is 2. The number of amides is 1. The standard InChI is InChI=1S/C16H20N4O2.ClH/c21-16(10-14-12-22-9-7-17-14)18-11-13-4-1-2-5-15(13)20-8-3-6-19-20;/h1-6,8,14,17H,7,9-12H2,(H,18,21);1H. The van der Waals surface area contributed by atoms with Crippen molar-refractivity contribution in [3.05, 3.63) is 48.3 Å². The SMILES string of the molecule is Cl.O=C(CC1COCCN1)NCc1ccccc1-n1cccn1. The van der Waals surface area contributed by atoms with Crippen LogP contribution in [-0.4, -0.2) is 41.5 Å². The predicted octanol–water partition coefficient (Wildman–Crippen LogP) is 1.29. The summed E-state index contributed by atoms with van der Waals surface area (Å²) in [6.07, 6.45) is 4.07. The van der Waals surface area contributed by atoms with E-state index in [-0.39, 0.29) is 24.4 Å². The van der Waals surface area contributed by atoms with Crippen LogP contribution in [-0.2, 0) is 16.1 Å². The number of morpholine rings is 1. The number of nitrogens with one attached hydrogen (secondary N) is 2. The van der Waals surface area contributed by atoms with Crippen LogP contribution in [0.15, 0.2) is 42.7 Å². The number of rotatable bonds is 5. The van der Waals surface area contributed by atoms with Crippen LogP contribution in [0.5, 0.6) is 0 Å². The van der Waals surface area contributed by atoms with Crippen molar-refractivity contribution in [2.24, 2.45) is 0 Å². The summed E-state index contributed by atoms with van der Waals surface area (Å²) in [6.45, 7) is 2.61. The van der Waals surface area contributed by atoms with Gasteiger partial charge in [-0.1, -0.05) is 18.2 Å². The Kier molecular flexibility index (Phi) is 6.58. The fourth-order valence-corrected chi connectivity index (χ4v) is 2.54. The first-order valence-corrected chi connectivity index (χ1v) is 7.48. The van der Waals surface area contributed by atoms with Gasteiger partial charge in [-0.15, -0.1) is 12.4 Å². The van der Waals surface area contributed by atoms with Crippen LogP contribution >= 0.6 is 12.4 Å². The Morgan fingerprint density at radius 2 is 2.26 bits per heavy atom. The molecule has 23 heavy (non-hydrogen) atoms. The lowest BCUT2D eigenvalue weighted by molar-refractivity contribution is -0.122. The molecule has 0 bridgehead atoms. The summed E-state index contributed by atoms with van der Waals surface area (Å²) < 4.78 is 7.16. The molecule has 1 aliphatic rings. The Morgan fingerprint density at radius 1 is 1.39 bits per heavy atom. The molecule has 1 saturated heterocycles. The Balaban J connectivity index is 0.00000192. The quantitative estimate of drug-likeness (QED) is 0.863. The van der Waals surface area contributed by atoms with Crippen molar-refractivity contribution in [3.8, 4) is 5.69 Å². The molecule has 1 fully saturated rings. The van der Waals surface area contributed by atoms with E-state index in [1.165, 1.54) is 0 Å². The van der Waals surface area contributed by atoms with Gasteiger partial charge in [-0.05, 0) is 17.7 Å². The highest BCUT2D eigenvalue weighted by Gasteiger charge is 2.16. The molecular formula is C16H21ClN4O2. The Morgan fingerprint density at radius 3 is 3.00 bits per heavy atom. The zero-order chi connectivity index (χ0) is 15.2. The first-order valence-electron chi connectivity index (χ1n) is 7.48. The third kappa shape index (κ3) is 4.79. The van der Waals surface area contributed by atoms with Crippen molar-refractivity contribution in [1.29, 1.82) is 0 Å². The zero-order valence-electron chi connectivity index (χ0n) is 12.8. The fourth-order valence-electron chi connectivity index (χ4n) is 2.54. The molecule has 1 aromatic heterocycles. The van der Waals surface area contributed by atoms with Crippen LogP contribution in [0.4, 0.5) is 0 Å². The molecule has 1 amide bonds. The second-order valence-corrected chi connectivity index (χ2v) is 5.29. The van der Waals surface area contributed by atoms with E-state index < -0.39 is 0 Å². The molecular weight excluding hydrogens is 316 g/mol. The second-order valence-electron chi connectivity index (χ2n) is 5.29. The number of hydrogen-bond acceptors (Lipinski definition) is 4. The van der Waals surface area contributed by atoms with Gasteiger partial charge in [-0.2, -0.15) is 5.10 Å². The van der Waals surface area contributed by atoms with Gasteiger partial charge < -0.3 is 15.4 Å². The molecule has 1 aromatic carbocycles. The molecule has 2 heterocycles. The van der Waals surface area contributed by atoms with Crippen molar-refractivity contribution in [2.45, 2.75) is 19.0 Å². The van der Waals surface area contributed by atoms with Gasteiger partial charge in [0.15, 0.2) is 0 Å². The molecule has 2 aromatic rings. The third-order valence-corrected chi connectivity index (χ3v) is 3.65. The molecule has 1 aliphatic heterocycles. The highest BCUT2D eigenvalue weighted by molar-refractivity contribution is 5.85. The summed E-state index contributed by atoms with van der Waals surface area (Å²) in [6, 6.07) is 9.90. The Hall–Kier alpha value is -1.89. The summed E-state index contributed by atoms with van der Waals surface area (Å²) in [4.78, 5) is 12.1. The molecule has 1 unspecified atom stereocenters. The van der Waals surface area contributed by atoms with E-state index in [9.17, 15) is 4.79 Å². The topological polar surface area (TPSA) is 68.2 Å². The lowest BCUT2D eigenvalue weighted by Crippen LogP contribution is -2.44. The lowest BCUT2D eigenvalue weighted by Gasteiger charge is -2.23. The predicted molar refractivity (Wildman–Crippen MR) is 89.9 cm³/mol. The molecule has 0 saturated carbocycles. The molecule has 124 valence electrons. The molecule has 3 rings (SSSR count). The summed E-state index contributed by atoms with van der Waals surface area (Å²) in [5.41, 5.74) is 2.01. The van der Waals surface area contributed by atoms with Gasteiger partial charge in [0.2, 0.25) is 5.91 Å². The highest BCUT2D eigenvalue weighted by atomic mass is 35.5. The van der Waals surface area contributed by atoms with E-state index in [1.54, 1.807) is 10.9 Å². The minimum atomic E-state index is 0. The number of aromatic nitrogens is 2. The van der Waals surface area contributed by atoms with E-state index in [0.29, 0.717) is 19.6 Å². The monoisotopic (exact) mass is 336 g/mol. The van der Waals surface area contributed by atoms with E-state index in [0.717, 1.165) is 24.4 Å². The average molecular weight is 337 g/mol. The van der Waals surface area contributed by atoms with Crippen LogP contribution in [0.25, 0.3) is 5.69 Å². The Bertz CT molecular complexity index is 612. The number of ether oxygens (including phenoxy) is 1. The smallest absolute Gasteiger partial charge is 0.221 e. The number of halogens is 1. The van der Waals surface area contributed by atoms with Gasteiger partial charge in [0, 0.05) is 37.9 Å². The van der Waals surface area contributed by atoms with Crippen molar-refractivity contribution >= 4 is 18.3 Å². The van der Waals surface area contributed by atoms with Gasteiger partial charge in [0.1, 0.15) is 0 Å². The maximum absolute atomic E-state index is 12.1. The minimum absolute atomic E-state index is 0. The van der Waals surface area contributed by atoms with E-state index in [4.69, 9.17) is 4.74 Å². The van der Waals surface area contributed by atoms with Gasteiger partial charge in [0.05, 0.1) is 18.9 Å². The molecule has 0 spiro atoms. The van der Waals surface area contributed by atoms with Crippen molar-refractivity contribution in [2.75, 3.05) is 19.8 Å². The van der Waals surface area contributed by atoms with Gasteiger partial charge >= 0.3 is 0 Å². The lowest BCUT2D eigenvalue weighted by atomic mass is 10.1. The van der Waals surface area contributed by atoms with Crippen LogP contribution in [0.3, 0.4) is 0 Å². The fraction of sp³-hybridized carbons (Fsp3) is 0.375. The second kappa shape index (κ2) is 8.67. The number of para-hydroxylation sites is 1. The van der Waals surface area contributed by atoms with Gasteiger partial charge in [0.25, 0.3) is 0 Å². The maximum Gasteiger partial charge on any atom is 0.221 e. The van der Waals surface area contributed by atoms with Crippen molar-refractivity contribution in [1.82, 2.24) is 20.4 Å². The zero-order valence-corrected chi connectivity index (χ0v) is 13.6. The third-order valence-electron chi connectivity index (χ3n) is 3.65. The molecule has 1 atom stereocenters. The molecule has 2 N–H and O–H groups in total. The number of benzene rings is 1. The van der Waals surface area contributed by atoms with Crippen LogP contribution in [0, 0.1) is 0 Å². The normalized spacial score (nSPS) is 17.3. The number of carbonyl (C=O) groups is 1. The summed E-state index contributed by atoms with van der Waals surface area (Å²) in [7, 11) is 0. The maximum atomic E-state index is 12.1. The first kappa shape index (κ1) is 17.5. The van der Waals surface area contributed by atoms with Crippen LogP contribution < -0.4 is 10.6 Å². The van der Waals surface area contributed by atoms with Crippen molar-refractivity contribution in [3.63, 3.8) is 0 Å². The molecule has 6 nitrogen and oxygen atoms in total. The first-order chi connectivity index (χ1) is 10.8. The summed E-state index contributed by atoms with van der Waals surface area (Å²) in [5, 5.41) is 10.5. The molecule has 0 radical (unpaired) electrons. The highest BCUT2D eigenvalue weighted by Crippen LogP contribution is 2.13. The summed E-state index contributed by atoms with van der Waals surface area (Å²) >= 11 is 0. The molecule has 7 heteroatoms. The van der Waals surface area contributed by atoms with Gasteiger partial charge in [-0.3, -0.25) is 4.79 Å². The molecule has 0 aliphatic carbocycles. The van der Waals surface area contributed by atoms with Gasteiger partial charge in [-0.25, -0.2) is 4.68 Å². The van der Waals surface area contributed by atoms with E-state index in [2.05, 4.69) is 15.7 Å². The largest absolute Gasteiger partial charge is 0.378 e. The van der Waals surface area contributed by atoms with Crippen molar-refractivity contribution < 1.29 is 9.53 Å². The number of hydrogen-bond donors (Lipinski definition) is 2. The van der Waals surface area contributed by atoms with Crippen LogP contribution in [0.1, 0.15) is 12.0 Å². The average Bonchev–Trinajstić information content (AvgIpc) is 3.08. The van der Waals surface area contributed by atoms with E-state index in [1.807, 2.05) is 36.5 Å². The Labute approximate surface area is 141 Å².